The van der Waals surface area contributed by atoms with E-state index < -0.39 is 0 Å². The summed E-state index contributed by atoms with van der Waals surface area (Å²) >= 11 is 4.89. The number of amides is 1. The van der Waals surface area contributed by atoms with Crippen molar-refractivity contribution in [3.63, 3.8) is 0 Å². The van der Waals surface area contributed by atoms with Crippen molar-refractivity contribution in [1.29, 1.82) is 0 Å². The largest absolute Gasteiger partial charge is 0.341 e. The van der Waals surface area contributed by atoms with Gasteiger partial charge in [0.15, 0.2) is 0 Å². The van der Waals surface area contributed by atoms with Crippen molar-refractivity contribution in [2.45, 2.75) is 44.7 Å². The zero-order valence-electron chi connectivity index (χ0n) is 15.7. The van der Waals surface area contributed by atoms with Gasteiger partial charge in [-0.2, -0.15) is 0 Å². The Balaban J connectivity index is 1.64. The summed E-state index contributed by atoms with van der Waals surface area (Å²) in [6, 6.07) is 8.15. The van der Waals surface area contributed by atoms with Crippen molar-refractivity contribution in [3.8, 4) is 11.1 Å². The summed E-state index contributed by atoms with van der Waals surface area (Å²) in [6.07, 6.45) is 7.18. The van der Waals surface area contributed by atoms with E-state index in [-0.39, 0.29) is 24.1 Å². The maximum Gasteiger partial charge on any atom is 0.263 e. The number of carbonyl (C=O) groups is 1. The molecule has 0 bridgehead atoms. The third-order valence-corrected chi connectivity index (χ3v) is 6.95. The van der Waals surface area contributed by atoms with Crippen LogP contribution in [0.4, 0.5) is 0 Å². The average molecular weight is 460 g/mol. The maximum absolute atomic E-state index is 13.1. The van der Waals surface area contributed by atoms with Crippen molar-refractivity contribution in [1.82, 2.24) is 14.5 Å². The monoisotopic (exact) mass is 459 g/mol. The van der Waals surface area contributed by atoms with Crippen LogP contribution in [-0.4, -0.2) is 33.4 Å². The van der Waals surface area contributed by atoms with E-state index >= 15 is 0 Å². The maximum atomic E-state index is 13.1. The van der Waals surface area contributed by atoms with E-state index in [1.807, 2.05) is 41.6 Å². The van der Waals surface area contributed by atoms with Gasteiger partial charge in [0.05, 0.1) is 11.7 Å². The molecule has 1 saturated carbocycles. The van der Waals surface area contributed by atoms with Gasteiger partial charge < -0.3 is 4.90 Å². The van der Waals surface area contributed by atoms with Crippen molar-refractivity contribution in [2.24, 2.45) is 0 Å². The third kappa shape index (κ3) is 3.78. The number of likely N-dealkylation sites (N-methyl/N-ethyl adjacent to an activating group) is 1. The van der Waals surface area contributed by atoms with Gasteiger partial charge in [-0.1, -0.05) is 47.3 Å². The second-order valence-electron chi connectivity index (χ2n) is 7.31. The Morgan fingerprint density at radius 2 is 1.96 bits per heavy atom. The molecule has 1 aromatic carbocycles. The molecule has 1 amide bonds. The minimum absolute atomic E-state index is 0.0319. The number of rotatable bonds is 4. The molecule has 0 radical (unpaired) electrons. The van der Waals surface area contributed by atoms with Crippen LogP contribution in [0.5, 0.6) is 0 Å². The molecule has 0 atom stereocenters. The first-order valence-corrected chi connectivity index (χ1v) is 11.2. The van der Waals surface area contributed by atoms with Crippen LogP contribution in [0, 0.1) is 0 Å². The highest BCUT2D eigenvalue weighted by Crippen LogP contribution is 2.31. The highest BCUT2D eigenvalue weighted by molar-refractivity contribution is 9.10. The first-order valence-electron chi connectivity index (χ1n) is 9.53. The van der Waals surface area contributed by atoms with Crippen LogP contribution < -0.4 is 5.56 Å². The Morgan fingerprint density at radius 1 is 1.25 bits per heavy atom. The first kappa shape index (κ1) is 19.3. The lowest BCUT2D eigenvalue weighted by Crippen LogP contribution is -2.41. The fourth-order valence-corrected chi connectivity index (χ4v) is 5.02. The molecule has 0 spiro atoms. The normalized spacial score (nSPS) is 15.1. The predicted octanol–water partition coefficient (Wildman–Crippen LogP) is 4.68. The molecular formula is C21H22BrN3O2S. The number of thiophene rings is 1. The van der Waals surface area contributed by atoms with Crippen LogP contribution in [0.15, 0.2) is 45.2 Å². The highest BCUT2D eigenvalue weighted by atomic mass is 79.9. The van der Waals surface area contributed by atoms with Crippen LogP contribution in [-0.2, 0) is 11.3 Å². The Morgan fingerprint density at radius 3 is 2.68 bits per heavy atom. The molecule has 0 unspecified atom stereocenters. The molecule has 0 saturated heterocycles. The summed E-state index contributed by atoms with van der Waals surface area (Å²) in [5, 5.41) is 2.55. The van der Waals surface area contributed by atoms with Gasteiger partial charge in [0.2, 0.25) is 5.91 Å². The molecule has 4 rings (SSSR count). The molecule has 1 aliphatic rings. The van der Waals surface area contributed by atoms with Gasteiger partial charge in [0, 0.05) is 28.5 Å². The fraction of sp³-hybridized carbons (Fsp3) is 0.381. The molecule has 0 aliphatic heterocycles. The third-order valence-electron chi connectivity index (χ3n) is 5.54. The lowest BCUT2D eigenvalue weighted by molar-refractivity contribution is -0.133. The number of hydrogen-bond acceptors (Lipinski definition) is 4. The van der Waals surface area contributed by atoms with E-state index in [1.165, 1.54) is 41.5 Å². The van der Waals surface area contributed by atoms with Crippen LogP contribution >= 0.6 is 27.3 Å². The van der Waals surface area contributed by atoms with Crippen molar-refractivity contribution >= 4 is 43.4 Å². The smallest absolute Gasteiger partial charge is 0.263 e. The molecule has 7 heteroatoms. The minimum atomic E-state index is -0.158. The summed E-state index contributed by atoms with van der Waals surface area (Å²) in [7, 11) is 1.85. The van der Waals surface area contributed by atoms with Crippen LogP contribution in [0.2, 0.25) is 0 Å². The molecule has 5 nitrogen and oxygen atoms in total. The van der Waals surface area contributed by atoms with Crippen molar-refractivity contribution in [2.75, 3.05) is 7.05 Å². The molecule has 3 aromatic rings. The van der Waals surface area contributed by atoms with Gasteiger partial charge in [-0.3, -0.25) is 14.2 Å². The molecule has 1 aliphatic carbocycles. The molecule has 28 heavy (non-hydrogen) atoms. The van der Waals surface area contributed by atoms with Gasteiger partial charge >= 0.3 is 0 Å². The Hall–Kier alpha value is -1.99. The molecule has 2 aromatic heterocycles. The Kier molecular flexibility index (Phi) is 5.64. The van der Waals surface area contributed by atoms with Crippen molar-refractivity contribution in [3.05, 3.63) is 50.8 Å². The standard InChI is InChI=1S/C21H22BrN3O2S/c1-24(16-5-3-2-4-6-16)18(26)11-25-13-23-20-19(21(25)27)17(12-28-20)14-7-9-15(22)10-8-14/h7-10,12-13,16H,2-6,11H2,1H3. The molecule has 146 valence electrons. The second-order valence-corrected chi connectivity index (χ2v) is 9.08. The predicted molar refractivity (Wildman–Crippen MR) is 117 cm³/mol. The molecule has 0 N–H and O–H groups in total. The van der Waals surface area contributed by atoms with Crippen molar-refractivity contribution < 1.29 is 4.79 Å². The van der Waals surface area contributed by atoms with E-state index in [2.05, 4.69) is 20.9 Å². The number of hydrogen-bond donors (Lipinski definition) is 0. The number of benzene rings is 1. The molecular weight excluding hydrogens is 438 g/mol. The second kappa shape index (κ2) is 8.17. The molecule has 1 fully saturated rings. The highest BCUT2D eigenvalue weighted by Gasteiger charge is 2.23. The zero-order chi connectivity index (χ0) is 19.7. The lowest BCUT2D eigenvalue weighted by atomic mass is 9.94. The number of carbonyl (C=O) groups excluding carboxylic acids is 1. The van der Waals surface area contributed by atoms with E-state index in [0.717, 1.165) is 28.4 Å². The van der Waals surface area contributed by atoms with Gasteiger partial charge in [-0.05, 0) is 30.5 Å². The van der Waals surface area contributed by atoms with Gasteiger partial charge in [-0.25, -0.2) is 4.98 Å². The summed E-state index contributed by atoms with van der Waals surface area (Å²) in [4.78, 5) is 32.9. The number of halogens is 1. The number of aromatic nitrogens is 2. The van der Waals surface area contributed by atoms with Crippen LogP contribution in [0.3, 0.4) is 0 Å². The molecule has 2 heterocycles. The number of fused-ring (bicyclic) bond motifs is 1. The van der Waals surface area contributed by atoms with Crippen LogP contribution in [0.1, 0.15) is 32.1 Å². The fourth-order valence-electron chi connectivity index (χ4n) is 3.85. The quantitative estimate of drug-likeness (QED) is 0.568. The van der Waals surface area contributed by atoms with Gasteiger partial charge in [-0.15, -0.1) is 11.3 Å². The SMILES string of the molecule is CN(C(=O)Cn1cnc2scc(-c3ccc(Br)cc3)c2c1=O)C1CCCCC1. The Bertz CT molecular complexity index is 1050. The van der Waals surface area contributed by atoms with Crippen LogP contribution in [0.25, 0.3) is 21.3 Å². The first-order chi connectivity index (χ1) is 13.5. The Labute approximate surface area is 176 Å². The lowest BCUT2D eigenvalue weighted by Gasteiger charge is -2.31. The van der Waals surface area contributed by atoms with E-state index in [1.54, 1.807) is 0 Å². The minimum Gasteiger partial charge on any atom is -0.341 e. The van der Waals surface area contributed by atoms with E-state index in [4.69, 9.17) is 0 Å². The summed E-state index contributed by atoms with van der Waals surface area (Å²) < 4.78 is 2.43. The van der Waals surface area contributed by atoms with E-state index in [0.29, 0.717) is 10.2 Å². The summed E-state index contributed by atoms with van der Waals surface area (Å²) in [5.74, 6) is -0.0319. The summed E-state index contributed by atoms with van der Waals surface area (Å²) in [5.41, 5.74) is 1.68. The average Bonchev–Trinajstić information content (AvgIpc) is 3.15. The number of nitrogens with zero attached hydrogens (tertiary/aromatic N) is 3. The van der Waals surface area contributed by atoms with Gasteiger partial charge in [0.25, 0.3) is 5.56 Å². The topological polar surface area (TPSA) is 55.2 Å². The van der Waals surface area contributed by atoms with E-state index in [9.17, 15) is 9.59 Å². The summed E-state index contributed by atoms with van der Waals surface area (Å²) in [6.45, 7) is 0.0321. The van der Waals surface area contributed by atoms with Gasteiger partial charge in [0.1, 0.15) is 11.4 Å². The zero-order valence-corrected chi connectivity index (χ0v) is 18.1.